The Morgan fingerprint density at radius 3 is 2.26 bits per heavy atom. The molecule has 0 bridgehead atoms. The van der Waals surface area contributed by atoms with Crippen molar-refractivity contribution >= 4 is 24.2 Å². The van der Waals surface area contributed by atoms with Crippen molar-refractivity contribution in [1.29, 1.82) is 0 Å². The van der Waals surface area contributed by atoms with Crippen LogP contribution in [-0.4, -0.2) is 30.3 Å². The first-order chi connectivity index (χ1) is 10.6. The maximum atomic E-state index is 12.3. The molecule has 0 unspecified atom stereocenters. The number of amides is 1. The second kappa shape index (κ2) is 5.35. The van der Waals surface area contributed by atoms with Crippen LogP contribution in [0.25, 0.3) is 0 Å². The summed E-state index contributed by atoms with van der Waals surface area (Å²) in [5.74, 6) is 0.193. The minimum absolute atomic E-state index is 0.148. The van der Waals surface area contributed by atoms with Crippen LogP contribution < -0.4 is 10.4 Å². The summed E-state index contributed by atoms with van der Waals surface area (Å²) in [6.07, 6.45) is 1.39. The first-order valence-electron chi connectivity index (χ1n) is 8.43. The van der Waals surface area contributed by atoms with E-state index in [9.17, 15) is 4.79 Å². The van der Waals surface area contributed by atoms with E-state index in [1.807, 2.05) is 4.90 Å². The normalized spacial score (nSPS) is 22.7. The summed E-state index contributed by atoms with van der Waals surface area (Å²) in [5.41, 5.74) is 2.48. The molecule has 2 heterocycles. The number of aryl methyl sites for hydroxylation is 1. The molecule has 0 aromatic heterocycles. The zero-order valence-electron chi connectivity index (χ0n) is 15.0. The SMILES string of the molecule is CC(C)N1C(=O)CCc2ccc(B3OC(C)(C)C(C)(C)O3)cc21. The van der Waals surface area contributed by atoms with E-state index in [1.54, 1.807) is 0 Å². The van der Waals surface area contributed by atoms with Gasteiger partial charge in [-0.25, -0.2) is 0 Å². The van der Waals surface area contributed by atoms with Crippen molar-refractivity contribution in [1.82, 2.24) is 0 Å². The van der Waals surface area contributed by atoms with Gasteiger partial charge in [-0.3, -0.25) is 4.79 Å². The molecule has 3 rings (SSSR count). The van der Waals surface area contributed by atoms with E-state index in [-0.39, 0.29) is 23.2 Å². The summed E-state index contributed by atoms with van der Waals surface area (Å²) in [4.78, 5) is 14.2. The highest BCUT2D eigenvalue weighted by Crippen LogP contribution is 2.37. The summed E-state index contributed by atoms with van der Waals surface area (Å²) >= 11 is 0. The molecule has 23 heavy (non-hydrogen) atoms. The Bertz CT molecular complexity index is 623. The standard InChI is InChI=1S/C18H26BNO3/c1-12(2)20-15-11-14(9-7-13(15)8-10-16(20)21)19-22-17(3,4)18(5,6)23-19/h7,9,11-12H,8,10H2,1-6H3. The highest BCUT2D eigenvalue weighted by Gasteiger charge is 2.51. The van der Waals surface area contributed by atoms with E-state index in [1.165, 1.54) is 5.56 Å². The second-order valence-corrected chi connectivity index (χ2v) is 7.83. The lowest BCUT2D eigenvalue weighted by Gasteiger charge is -2.33. The monoisotopic (exact) mass is 315 g/mol. The van der Waals surface area contributed by atoms with Crippen LogP contribution in [0.5, 0.6) is 0 Å². The molecule has 1 fully saturated rings. The average Bonchev–Trinajstić information content (AvgIpc) is 2.66. The molecule has 0 N–H and O–H groups in total. The van der Waals surface area contributed by atoms with E-state index < -0.39 is 7.12 Å². The van der Waals surface area contributed by atoms with Gasteiger partial charge in [0.1, 0.15) is 0 Å². The van der Waals surface area contributed by atoms with Crippen molar-refractivity contribution in [2.45, 2.75) is 71.6 Å². The van der Waals surface area contributed by atoms with Gasteiger partial charge in [0, 0.05) is 18.2 Å². The molecule has 0 spiro atoms. The minimum atomic E-state index is -0.392. The van der Waals surface area contributed by atoms with Crippen LogP contribution in [0.15, 0.2) is 18.2 Å². The third-order valence-electron chi connectivity index (χ3n) is 5.29. The number of hydrogen-bond acceptors (Lipinski definition) is 3. The van der Waals surface area contributed by atoms with E-state index in [0.717, 1.165) is 17.6 Å². The quantitative estimate of drug-likeness (QED) is 0.788. The number of anilines is 1. The fourth-order valence-corrected chi connectivity index (χ4v) is 3.20. The molecule has 1 saturated heterocycles. The molecule has 1 amide bonds. The summed E-state index contributed by atoms with van der Waals surface area (Å²) in [6.45, 7) is 12.3. The van der Waals surface area contributed by atoms with Crippen molar-refractivity contribution in [2.75, 3.05) is 4.90 Å². The molecule has 124 valence electrons. The molecule has 1 aromatic rings. The van der Waals surface area contributed by atoms with E-state index >= 15 is 0 Å². The Morgan fingerprint density at radius 1 is 1.09 bits per heavy atom. The van der Waals surface area contributed by atoms with Gasteiger partial charge in [-0.1, -0.05) is 12.1 Å². The number of nitrogens with zero attached hydrogens (tertiary/aromatic N) is 1. The molecule has 1 aromatic carbocycles. The number of carbonyl (C=O) groups is 1. The van der Waals surface area contributed by atoms with Crippen LogP contribution in [0.4, 0.5) is 5.69 Å². The third-order valence-corrected chi connectivity index (χ3v) is 5.29. The number of hydrogen-bond donors (Lipinski definition) is 0. The predicted octanol–water partition coefficient (Wildman–Crippen LogP) is 2.67. The zero-order valence-corrected chi connectivity index (χ0v) is 15.0. The Labute approximate surface area is 139 Å². The summed E-state index contributed by atoms with van der Waals surface area (Å²) in [5, 5.41) is 0. The Kier molecular flexibility index (Phi) is 3.85. The Balaban J connectivity index is 1.97. The van der Waals surface area contributed by atoms with Crippen LogP contribution in [0.1, 0.15) is 53.5 Å². The molecular weight excluding hydrogens is 289 g/mol. The van der Waals surface area contributed by atoms with E-state index in [0.29, 0.717) is 6.42 Å². The summed E-state index contributed by atoms with van der Waals surface area (Å²) < 4.78 is 12.3. The summed E-state index contributed by atoms with van der Waals surface area (Å²) in [6, 6.07) is 6.39. The smallest absolute Gasteiger partial charge is 0.399 e. The average molecular weight is 315 g/mol. The zero-order chi connectivity index (χ0) is 17.0. The van der Waals surface area contributed by atoms with Gasteiger partial charge >= 0.3 is 7.12 Å². The molecule has 2 aliphatic heterocycles. The van der Waals surface area contributed by atoms with Crippen LogP contribution in [0.2, 0.25) is 0 Å². The number of fused-ring (bicyclic) bond motifs is 1. The van der Waals surface area contributed by atoms with Crippen molar-refractivity contribution in [3.63, 3.8) is 0 Å². The number of rotatable bonds is 2. The summed E-state index contributed by atoms with van der Waals surface area (Å²) in [7, 11) is -0.392. The van der Waals surface area contributed by atoms with Gasteiger partial charge in [0.15, 0.2) is 0 Å². The van der Waals surface area contributed by atoms with Gasteiger partial charge in [-0.05, 0) is 65.1 Å². The van der Waals surface area contributed by atoms with E-state index in [4.69, 9.17) is 9.31 Å². The molecule has 4 nitrogen and oxygen atoms in total. The van der Waals surface area contributed by atoms with Gasteiger partial charge < -0.3 is 14.2 Å². The van der Waals surface area contributed by atoms with Gasteiger partial charge in [0.2, 0.25) is 5.91 Å². The molecule has 0 aliphatic carbocycles. The number of benzene rings is 1. The highest BCUT2D eigenvalue weighted by molar-refractivity contribution is 6.62. The lowest BCUT2D eigenvalue weighted by Crippen LogP contribution is -2.42. The van der Waals surface area contributed by atoms with Crippen molar-refractivity contribution in [3.8, 4) is 0 Å². The lowest BCUT2D eigenvalue weighted by molar-refractivity contribution is -0.119. The van der Waals surface area contributed by atoms with Crippen LogP contribution >= 0.6 is 0 Å². The van der Waals surface area contributed by atoms with Crippen LogP contribution in [0, 0.1) is 0 Å². The van der Waals surface area contributed by atoms with Crippen molar-refractivity contribution in [3.05, 3.63) is 23.8 Å². The largest absolute Gasteiger partial charge is 0.494 e. The minimum Gasteiger partial charge on any atom is -0.399 e. The fraction of sp³-hybridized carbons (Fsp3) is 0.611. The Hall–Kier alpha value is -1.33. The van der Waals surface area contributed by atoms with Gasteiger partial charge in [0.05, 0.1) is 11.2 Å². The molecule has 2 aliphatic rings. The van der Waals surface area contributed by atoms with Gasteiger partial charge in [-0.15, -0.1) is 0 Å². The molecule has 0 saturated carbocycles. The Morgan fingerprint density at radius 2 is 1.70 bits per heavy atom. The van der Waals surface area contributed by atoms with Crippen molar-refractivity contribution in [2.24, 2.45) is 0 Å². The number of carbonyl (C=O) groups excluding carboxylic acids is 1. The third kappa shape index (κ3) is 2.70. The molecule has 5 heteroatoms. The molecule has 0 radical (unpaired) electrons. The van der Waals surface area contributed by atoms with E-state index in [2.05, 4.69) is 59.7 Å². The van der Waals surface area contributed by atoms with Gasteiger partial charge in [0.25, 0.3) is 0 Å². The van der Waals surface area contributed by atoms with Crippen LogP contribution in [0.3, 0.4) is 0 Å². The fourth-order valence-electron chi connectivity index (χ4n) is 3.20. The molecular formula is C18H26BNO3. The topological polar surface area (TPSA) is 38.8 Å². The predicted molar refractivity (Wildman–Crippen MR) is 93.1 cm³/mol. The van der Waals surface area contributed by atoms with Gasteiger partial charge in [-0.2, -0.15) is 0 Å². The highest BCUT2D eigenvalue weighted by atomic mass is 16.7. The van der Waals surface area contributed by atoms with Crippen LogP contribution in [-0.2, 0) is 20.5 Å². The second-order valence-electron chi connectivity index (χ2n) is 7.83. The maximum Gasteiger partial charge on any atom is 0.494 e. The first-order valence-corrected chi connectivity index (χ1v) is 8.43. The first kappa shape index (κ1) is 16.5. The van der Waals surface area contributed by atoms with Crippen molar-refractivity contribution < 1.29 is 14.1 Å². The maximum absolute atomic E-state index is 12.3. The molecule has 0 atom stereocenters. The lowest BCUT2D eigenvalue weighted by atomic mass is 9.77.